The Morgan fingerprint density at radius 1 is 1.47 bits per heavy atom. The van der Waals surface area contributed by atoms with Crippen molar-refractivity contribution >= 4 is 15.9 Å². The van der Waals surface area contributed by atoms with E-state index in [1.807, 2.05) is 0 Å². The zero-order valence-corrected chi connectivity index (χ0v) is 9.84. The van der Waals surface area contributed by atoms with E-state index in [9.17, 15) is 13.9 Å². The molecule has 15 heavy (non-hydrogen) atoms. The molecule has 0 aliphatic rings. The highest BCUT2D eigenvalue weighted by atomic mass is 79.9. The van der Waals surface area contributed by atoms with E-state index in [2.05, 4.69) is 15.9 Å². The highest BCUT2D eigenvalue weighted by Gasteiger charge is 2.10. The summed E-state index contributed by atoms with van der Waals surface area (Å²) in [6.45, 7) is 0.00155. The third kappa shape index (κ3) is 4.13. The molecule has 0 unspecified atom stereocenters. The zero-order chi connectivity index (χ0) is 11.4. The Balaban J connectivity index is 2.67. The number of benzene rings is 1. The maximum Gasteiger partial charge on any atom is 0.251 e. The van der Waals surface area contributed by atoms with Crippen molar-refractivity contribution in [3.8, 4) is 5.75 Å². The minimum Gasteiger partial charge on any atom is -0.508 e. The Labute approximate surface area is 95.6 Å². The quantitative estimate of drug-likeness (QED) is 0.916. The van der Waals surface area contributed by atoms with Crippen LogP contribution in [0.1, 0.15) is 5.56 Å². The van der Waals surface area contributed by atoms with Gasteiger partial charge in [-0.05, 0) is 25.2 Å². The van der Waals surface area contributed by atoms with Gasteiger partial charge in [-0.2, -0.15) is 0 Å². The summed E-state index contributed by atoms with van der Waals surface area (Å²) >= 11 is 3.26. The molecule has 2 nitrogen and oxygen atoms in total. The van der Waals surface area contributed by atoms with Crippen molar-refractivity contribution in [1.29, 1.82) is 0 Å². The topological polar surface area (TPSA) is 23.5 Å². The molecule has 0 aliphatic carbocycles. The molecule has 0 heterocycles. The molecule has 0 bridgehead atoms. The number of nitrogens with zero attached hydrogens (tertiary/aromatic N) is 1. The van der Waals surface area contributed by atoms with Gasteiger partial charge >= 0.3 is 0 Å². The Kier molecular flexibility index (Phi) is 4.47. The van der Waals surface area contributed by atoms with Gasteiger partial charge in [0.15, 0.2) is 0 Å². The van der Waals surface area contributed by atoms with Crippen LogP contribution in [0.4, 0.5) is 8.78 Å². The van der Waals surface area contributed by atoms with E-state index in [-0.39, 0.29) is 12.3 Å². The number of hydrogen-bond donors (Lipinski definition) is 1. The summed E-state index contributed by atoms with van der Waals surface area (Å²) in [6.07, 6.45) is -2.36. The normalized spacial score (nSPS) is 11.3. The van der Waals surface area contributed by atoms with Crippen molar-refractivity contribution < 1.29 is 13.9 Å². The van der Waals surface area contributed by atoms with E-state index in [1.54, 1.807) is 19.2 Å². The first-order chi connectivity index (χ1) is 6.99. The monoisotopic (exact) mass is 279 g/mol. The van der Waals surface area contributed by atoms with Gasteiger partial charge in [0.2, 0.25) is 0 Å². The van der Waals surface area contributed by atoms with Crippen LogP contribution in [0.5, 0.6) is 5.75 Å². The molecule has 0 amide bonds. The van der Waals surface area contributed by atoms with Crippen LogP contribution in [0, 0.1) is 0 Å². The summed E-state index contributed by atoms with van der Waals surface area (Å²) in [4.78, 5) is 1.46. The summed E-state index contributed by atoms with van der Waals surface area (Å²) in [7, 11) is 1.59. The molecular formula is C10H12BrF2NO. The van der Waals surface area contributed by atoms with E-state index < -0.39 is 6.43 Å². The highest BCUT2D eigenvalue weighted by Crippen LogP contribution is 2.22. The molecule has 0 fully saturated rings. The van der Waals surface area contributed by atoms with Gasteiger partial charge in [0.1, 0.15) is 5.75 Å². The number of aromatic hydroxyl groups is 1. The van der Waals surface area contributed by atoms with Gasteiger partial charge in [0, 0.05) is 16.6 Å². The maximum absolute atomic E-state index is 12.1. The molecule has 0 saturated carbocycles. The second-order valence-corrected chi connectivity index (χ2v) is 4.28. The Morgan fingerprint density at radius 2 is 2.13 bits per heavy atom. The summed E-state index contributed by atoms with van der Waals surface area (Å²) in [5, 5.41) is 9.48. The van der Waals surface area contributed by atoms with Crippen LogP contribution < -0.4 is 0 Å². The molecule has 1 N–H and O–H groups in total. The zero-order valence-electron chi connectivity index (χ0n) is 8.25. The van der Waals surface area contributed by atoms with E-state index in [0.717, 1.165) is 4.47 Å². The van der Waals surface area contributed by atoms with E-state index in [1.165, 1.54) is 11.0 Å². The van der Waals surface area contributed by atoms with Gasteiger partial charge in [0.25, 0.3) is 6.43 Å². The smallest absolute Gasteiger partial charge is 0.251 e. The average Bonchev–Trinajstić information content (AvgIpc) is 2.10. The summed E-state index contributed by atoms with van der Waals surface area (Å²) in [5.41, 5.74) is 0.632. The molecule has 0 spiro atoms. The molecule has 1 aromatic carbocycles. The number of alkyl halides is 2. The molecule has 1 aromatic rings. The van der Waals surface area contributed by atoms with Crippen LogP contribution in [-0.4, -0.2) is 30.0 Å². The fraction of sp³-hybridized carbons (Fsp3) is 0.400. The molecule has 0 radical (unpaired) electrons. The number of phenolic OH excluding ortho intramolecular Hbond substituents is 1. The number of hydrogen-bond acceptors (Lipinski definition) is 2. The lowest BCUT2D eigenvalue weighted by atomic mass is 10.2. The molecule has 0 saturated heterocycles. The average molecular weight is 280 g/mol. The van der Waals surface area contributed by atoms with E-state index in [4.69, 9.17) is 0 Å². The molecule has 84 valence electrons. The second-order valence-electron chi connectivity index (χ2n) is 3.36. The van der Waals surface area contributed by atoms with E-state index in [0.29, 0.717) is 12.1 Å². The van der Waals surface area contributed by atoms with Crippen molar-refractivity contribution in [1.82, 2.24) is 4.90 Å². The maximum atomic E-state index is 12.1. The van der Waals surface area contributed by atoms with Gasteiger partial charge < -0.3 is 5.11 Å². The fourth-order valence-electron chi connectivity index (χ4n) is 1.27. The summed E-state index contributed by atoms with van der Waals surface area (Å²) in [5.74, 6) is 0.124. The van der Waals surface area contributed by atoms with Gasteiger partial charge in [0.05, 0.1) is 6.54 Å². The molecule has 0 atom stereocenters. The lowest BCUT2D eigenvalue weighted by molar-refractivity contribution is 0.0972. The first-order valence-electron chi connectivity index (χ1n) is 4.43. The van der Waals surface area contributed by atoms with Crippen LogP contribution in [0.2, 0.25) is 0 Å². The Bertz CT molecular complexity index is 333. The summed E-state index contributed by atoms with van der Waals surface area (Å²) in [6, 6.07) is 4.96. The molecule has 1 rings (SSSR count). The number of halogens is 3. The van der Waals surface area contributed by atoms with Crippen LogP contribution in [0.15, 0.2) is 22.7 Å². The van der Waals surface area contributed by atoms with Crippen molar-refractivity contribution in [3.05, 3.63) is 28.2 Å². The Hall–Kier alpha value is -0.680. The predicted octanol–water partition coefficient (Wildman–Crippen LogP) is 2.85. The van der Waals surface area contributed by atoms with Crippen molar-refractivity contribution in [3.63, 3.8) is 0 Å². The summed E-state index contributed by atoms with van der Waals surface area (Å²) < 4.78 is 24.9. The standard InChI is InChI=1S/C10H12BrF2NO/c1-14(6-10(12)13)5-7-4-8(11)2-3-9(7)15/h2-4,10,15H,5-6H2,1H3. The third-order valence-electron chi connectivity index (χ3n) is 1.93. The van der Waals surface area contributed by atoms with Gasteiger partial charge in [-0.15, -0.1) is 0 Å². The largest absolute Gasteiger partial charge is 0.508 e. The van der Waals surface area contributed by atoms with Crippen LogP contribution in [-0.2, 0) is 6.54 Å². The lowest BCUT2D eigenvalue weighted by Crippen LogP contribution is -2.24. The van der Waals surface area contributed by atoms with Gasteiger partial charge in [-0.25, -0.2) is 8.78 Å². The SMILES string of the molecule is CN(Cc1cc(Br)ccc1O)CC(F)F. The van der Waals surface area contributed by atoms with Crippen LogP contribution in [0.25, 0.3) is 0 Å². The van der Waals surface area contributed by atoms with Crippen molar-refractivity contribution in [2.45, 2.75) is 13.0 Å². The van der Waals surface area contributed by atoms with Gasteiger partial charge in [-0.3, -0.25) is 4.90 Å². The fourth-order valence-corrected chi connectivity index (χ4v) is 1.68. The van der Waals surface area contributed by atoms with Crippen LogP contribution >= 0.6 is 15.9 Å². The minimum atomic E-state index is -2.36. The molecular weight excluding hydrogens is 268 g/mol. The first-order valence-corrected chi connectivity index (χ1v) is 5.22. The first kappa shape index (κ1) is 12.4. The van der Waals surface area contributed by atoms with Crippen LogP contribution in [0.3, 0.4) is 0 Å². The predicted molar refractivity (Wildman–Crippen MR) is 58.1 cm³/mol. The van der Waals surface area contributed by atoms with Crippen molar-refractivity contribution in [2.75, 3.05) is 13.6 Å². The molecule has 0 aliphatic heterocycles. The molecule has 5 heteroatoms. The van der Waals surface area contributed by atoms with E-state index >= 15 is 0 Å². The molecule has 0 aromatic heterocycles. The second kappa shape index (κ2) is 5.42. The van der Waals surface area contributed by atoms with Crippen molar-refractivity contribution in [2.24, 2.45) is 0 Å². The number of rotatable bonds is 4. The lowest BCUT2D eigenvalue weighted by Gasteiger charge is -2.16. The minimum absolute atomic E-state index is 0.124. The Morgan fingerprint density at radius 3 is 2.73 bits per heavy atom. The third-order valence-corrected chi connectivity index (χ3v) is 2.42. The van der Waals surface area contributed by atoms with Gasteiger partial charge in [-0.1, -0.05) is 15.9 Å². The highest BCUT2D eigenvalue weighted by molar-refractivity contribution is 9.10. The number of phenols is 1.